The molecule has 0 aliphatic rings. The number of para-hydroxylation sites is 3. The van der Waals surface area contributed by atoms with E-state index >= 15 is 0 Å². The van der Waals surface area contributed by atoms with E-state index in [1.54, 1.807) is 0 Å². The lowest BCUT2D eigenvalue weighted by Gasteiger charge is -2.09. The number of ketones is 1. The molecule has 2 N–H and O–H groups in total. The molecule has 0 unspecified atom stereocenters. The third-order valence-electron chi connectivity index (χ3n) is 5.24. The van der Waals surface area contributed by atoms with Crippen molar-refractivity contribution in [2.45, 2.75) is 32.6 Å². The molecule has 0 bridgehead atoms. The molecule has 0 fully saturated rings. The fourth-order valence-electron chi connectivity index (χ4n) is 3.61. The van der Waals surface area contributed by atoms with E-state index in [0.717, 1.165) is 29.4 Å². The third kappa shape index (κ3) is 4.89. The van der Waals surface area contributed by atoms with Crippen molar-refractivity contribution >= 4 is 28.4 Å². The lowest BCUT2D eigenvalue weighted by Crippen LogP contribution is -2.14. The van der Waals surface area contributed by atoms with E-state index in [2.05, 4.69) is 22.2 Å². The summed E-state index contributed by atoms with van der Waals surface area (Å²) in [4.78, 5) is 32.9. The van der Waals surface area contributed by atoms with Gasteiger partial charge in [-0.15, -0.1) is 0 Å². The highest BCUT2D eigenvalue weighted by Gasteiger charge is 2.14. The summed E-state index contributed by atoms with van der Waals surface area (Å²) in [7, 11) is 0. The number of nitrogens with zero attached hydrogens (tertiary/aromatic N) is 1. The number of anilines is 1. The fourth-order valence-corrected chi connectivity index (χ4v) is 3.61. The van der Waals surface area contributed by atoms with Crippen LogP contribution in [-0.2, 0) is 11.2 Å². The summed E-state index contributed by atoms with van der Waals surface area (Å²) in [5.74, 6) is 0.476. The van der Waals surface area contributed by atoms with Gasteiger partial charge in [0.25, 0.3) is 0 Å². The van der Waals surface area contributed by atoms with Crippen LogP contribution in [0.15, 0.2) is 72.8 Å². The molecule has 5 nitrogen and oxygen atoms in total. The number of Topliss-reactive ketones (excluding diaryl/α,β-unsaturated/α-hetero) is 1. The van der Waals surface area contributed by atoms with Gasteiger partial charge < -0.3 is 10.3 Å². The zero-order valence-electron chi connectivity index (χ0n) is 17.5. The van der Waals surface area contributed by atoms with Crippen LogP contribution < -0.4 is 5.32 Å². The number of H-pyrrole nitrogens is 1. The van der Waals surface area contributed by atoms with E-state index in [4.69, 9.17) is 0 Å². The number of amides is 1. The second-order valence-corrected chi connectivity index (χ2v) is 7.57. The van der Waals surface area contributed by atoms with Gasteiger partial charge in [0.05, 0.1) is 16.7 Å². The van der Waals surface area contributed by atoms with E-state index in [1.165, 1.54) is 5.56 Å². The lowest BCUT2D eigenvalue weighted by atomic mass is 10.0. The first-order valence-corrected chi connectivity index (χ1v) is 10.6. The van der Waals surface area contributed by atoms with Crippen LogP contribution in [0.5, 0.6) is 0 Å². The number of carbonyl (C=O) groups is 2. The van der Waals surface area contributed by atoms with Crippen molar-refractivity contribution in [1.82, 2.24) is 9.97 Å². The summed E-state index contributed by atoms with van der Waals surface area (Å²) in [6.07, 6.45) is 2.38. The molecular weight excluding hydrogens is 386 g/mol. The minimum atomic E-state index is -0.195. The maximum absolute atomic E-state index is 12.5. The molecule has 0 atom stereocenters. The molecule has 0 saturated heterocycles. The summed E-state index contributed by atoms with van der Waals surface area (Å²) in [6.45, 7) is 2.13. The molecule has 4 rings (SSSR count). The Balaban J connectivity index is 1.41. The van der Waals surface area contributed by atoms with E-state index < -0.39 is 0 Å². The number of imidazole rings is 1. The molecule has 0 saturated carbocycles. The van der Waals surface area contributed by atoms with Crippen molar-refractivity contribution in [3.63, 3.8) is 0 Å². The number of aromatic nitrogens is 2. The third-order valence-corrected chi connectivity index (χ3v) is 5.24. The molecule has 4 aromatic rings. The van der Waals surface area contributed by atoms with Crippen LogP contribution in [0.4, 0.5) is 5.69 Å². The highest BCUT2D eigenvalue weighted by molar-refractivity contribution is 6.01. The van der Waals surface area contributed by atoms with Crippen molar-refractivity contribution < 1.29 is 9.59 Å². The topological polar surface area (TPSA) is 74.8 Å². The van der Waals surface area contributed by atoms with Gasteiger partial charge in [0, 0.05) is 24.0 Å². The molecule has 0 radical (unpaired) electrons. The van der Waals surface area contributed by atoms with Crippen LogP contribution in [0.2, 0.25) is 0 Å². The van der Waals surface area contributed by atoms with Gasteiger partial charge in [-0.1, -0.05) is 61.9 Å². The quantitative estimate of drug-likeness (QED) is 0.361. The largest absolute Gasteiger partial charge is 0.338 e. The van der Waals surface area contributed by atoms with Crippen LogP contribution >= 0.6 is 0 Å². The number of hydrogen-bond donors (Lipinski definition) is 2. The zero-order chi connectivity index (χ0) is 21.6. The Morgan fingerprint density at radius 2 is 1.65 bits per heavy atom. The number of hydrogen-bond acceptors (Lipinski definition) is 3. The maximum Gasteiger partial charge on any atom is 0.224 e. The first-order chi connectivity index (χ1) is 15.1. The first-order valence-electron chi connectivity index (χ1n) is 10.6. The Morgan fingerprint density at radius 1 is 0.903 bits per heavy atom. The Bertz CT molecular complexity index is 1180. The van der Waals surface area contributed by atoms with Crippen LogP contribution in [-0.4, -0.2) is 21.7 Å². The molecule has 1 heterocycles. The predicted octanol–water partition coefficient (Wildman–Crippen LogP) is 5.78. The smallest absolute Gasteiger partial charge is 0.224 e. The number of aromatic amines is 1. The van der Waals surface area contributed by atoms with E-state index in [9.17, 15) is 9.59 Å². The average Bonchev–Trinajstić information content (AvgIpc) is 3.23. The minimum absolute atomic E-state index is 0.0243. The fraction of sp³-hybridized carbons (Fsp3) is 0.192. The summed E-state index contributed by atoms with van der Waals surface area (Å²) in [5, 5.41) is 2.93. The van der Waals surface area contributed by atoms with E-state index in [1.807, 2.05) is 72.8 Å². The molecule has 5 heteroatoms. The van der Waals surface area contributed by atoms with Gasteiger partial charge in [0.2, 0.25) is 5.91 Å². The van der Waals surface area contributed by atoms with Crippen molar-refractivity contribution in [3.05, 3.63) is 83.9 Å². The molecule has 0 aliphatic carbocycles. The molecule has 31 heavy (non-hydrogen) atoms. The highest BCUT2D eigenvalue weighted by atomic mass is 16.2. The summed E-state index contributed by atoms with van der Waals surface area (Å²) < 4.78 is 0. The molecule has 0 aliphatic heterocycles. The number of nitrogens with one attached hydrogen (secondary N) is 2. The average molecular weight is 412 g/mol. The Kier molecular flexibility index (Phi) is 6.22. The molecule has 3 aromatic carbocycles. The summed E-state index contributed by atoms with van der Waals surface area (Å²) in [6, 6.07) is 23.0. The normalized spacial score (nSPS) is 10.9. The van der Waals surface area contributed by atoms with Crippen molar-refractivity contribution in [1.29, 1.82) is 0 Å². The second kappa shape index (κ2) is 9.39. The van der Waals surface area contributed by atoms with Gasteiger partial charge in [0.15, 0.2) is 5.78 Å². The molecule has 156 valence electrons. The van der Waals surface area contributed by atoms with E-state index in [0.29, 0.717) is 17.1 Å². The Morgan fingerprint density at radius 3 is 2.42 bits per heavy atom. The van der Waals surface area contributed by atoms with Crippen molar-refractivity contribution in [2.75, 3.05) is 5.32 Å². The highest BCUT2D eigenvalue weighted by Crippen LogP contribution is 2.27. The van der Waals surface area contributed by atoms with Gasteiger partial charge in [-0.25, -0.2) is 4.98 Å². The van der Waals surface area contributed by atoms with Crippen LogP contribution in [0, 0.1) is 0 Å². The second-order valence-electron chi connectivity index (χ2n) is 7.57. The molecule has 0 spiro atoms. The summed E-state index contributed by atoms with van der Waals surface area (Å²) >= 11 is 0. The molecular formula is C26H25N3O2. The predicted molar refractivity (Wildman–Crippen MR) is 124 cm³/mol. The summed E-state index contributed by atoms with van der Waals surface area (Å²) in [5.41, 5.74) is 5.16. The maximum atomic E-state index is 12.5. The lowest BCUT2D eigenvalue weighted by molar-refractivity contribution is -0.116. The van der Waals surface area contributed by atoms with Crippen LogP contribution in [0.3, 0.4) is 0 Å². The van der Waals surface area contributed by atoms with Crippen LogP contribution in [0.1, 0.15) is 42.1 Å². The number of rotatable bonds is 8. The van der Waals surface area contributed by atoms with Crippen molar-refractivity contribution in [3.8, 4) is 11.4 Å². The number of fused-ring (bicyclic) bond motifs is 1. The van der Waals surface area contributed by atoms with Gasteiger partial charge in [0.1, 0.15) is 5.82 Å². The SMILES string of the molecule is CCCc1ccc(C(=O)CCC(=O)Nc2ccccc2-c2nc3ccccc3[nH]2)cc1. The molecule has 1 aromatic heterocycles. The minimum Gasteiger partial charge on any atom is -0.338 e. The monoisotopic (exact) mass is 411 g/mol. The molecule has 1 amide bonds. The number of aryl methyl sites for hydroxylation is 1. The van der Waals surface area contributed by atoms with Crippen LogP contribution in [0.25, 0.3) is 22.4 Å². The van der Waals surface area contributed by atoms with Gasteiger partial charge in [-0.05, 0) is 36.2 Å². The number of carbonyl (C=O) groups excluding carboxylic acids is 2. The van der Waals surface area contributed by atoms with Gasteiger partial charge >= 0.3 is 0 Å². The Labute approximate surface area is 181 Å². The van der Waals surface area contributed by atoms with Gasteiger partial charge in [-0.2, -0.15) is 0 Å². The zero-order valence-corrected chi connectivity index (χ0v) is 17.5. The first kappa shape index (κ1) is 20.5. The van der Waals surface area contributed by atoms with E-state index in [-0.39, 0.29) is 24.5 Å². The van der Waals surface area contributed by atoms with Gasteiger partial charge in [-0.3, -0.25) is 9.59 Å². The number of benzene rings is 3. The standard InChI is InChI=1S/C26H25N3O2/c1-2-7-18-12-14-19(15-13-18)24(30)16-17-25(31)27-21-9-4-3-8-20(21)26-28-22-10-5-6-11-23(22)29-26/h3-6,8-15H,2,7,16-17H2,1H3,(H,27,31)(H,28,29). The Hall–Kier alpha value is -3.73. The van der Waals surface area contributed by atoms with Crippen molar-refractivity contribution in [2.24, 2.45) is 0 Å².